The van der Waals surface area contributed by atoms with Crippen molar-refractivity contribution < 1.29 is 9.59 Å². The second kappa shape index (κ2) is 11.9. The van der Waals surface area contributed by atoms with Crippen LogP contribution in [-0.4, -0.2) is 64.5 Å². The number of benzene rings is 2. The molecule has 1 aromatic heterocycles. The van der Waals surface area contributed by atoms with E-state index in [4.69, 9.17) is 11.6 Å². The van der Waals surface area contributed by atoms with E-state index in [1.165, 1.54) is 0 Å². The highest BCUT2D eigenvalue weighted by Gasteiger charge is 2.34. The third-order valence-electron chi connectivity index (χ3n) is 7.77. The van der Waals surface area contributed by atoms with E-state index in [9.17, 15) is 9.59 Å². The Morgan fingerprint density at radius 3 is 2.37 bits per heavy atom. The largest absolute Gasteiger partial charge is 0.353 e. The maximum Gasteiger partial charge on any atom is 0.242 e. The average Bonchev–Trinajstić information content (AvgIpc) is 3.18. The molecule has 5 rings (SSSR count). The molecule has 198 valence electrons. The number of rotatable bonds is 7. The number of aromatic nitrogens is 2. The highest BCUT2D eigenvalue weighted by atomic mass is 35.5. The third kappa shape index (κ3) is 5.83. The smallest absolute Gasteiger partial charge is 0.242 e. The van der Waals surface area contributed by atoms with Crippen molar-refractivity contribution in [3.8, 4) is 11.3 Å². The summed E-state index contributed by atoms with van der Waals surface area (Å²) in [6, 6.07) is 21.3. The van der Waals surface area contributed by atoms with Crippen molar-refractivity contribution >= 4 is 29.2 Å². The van der Waals surface area contributed by atoms with Gasteiger partial charge in [-0.25, -0.2) is 0 Å². The van der Waals surface area contributed by atoms with Crippen molar-refractivity contribution in [3.63, 3.8) is 0 Å². The molecule has 8 heteroatoms. The van der Waals surface area contributed by atoms with Gasteiger partial charge in [-0.1, -0.05) is 66.6 Å². The first-order valence-corrected chi connectivity index (χ1v) is 13.9. The van der Waals surface area contributed by atoms with Crippen molar-refractivity contribution in [2.24, 2.45) is 5.92 Å². The summed E-state index contributed by atoms with van der Waals surface area (Å²) < 4.78 is 0. The molecule has 38 heavy (non-hydrogen) atoms. The highest BCUT2D eigenvalue weighted by molar-refractivity contribution is 6.33. The van der Waals surface area contributed by atoms with E-state index in [0.29, 0.717) is 24.7 Å². The Hall–Kier alpha value is -3.45. The maximum absolute atomic E-state index is 13.5. The Kier molecular flexibility index (Phi) is 8.23. The standard InChI is InChI=1S/C30H34ClN5O2/c1-22(23-9-3-2-4-10-23)36(30(38)24-11-7-12-24)21-29(37)35-18-8-17-34(19-20-35)28-16-15-27(32-33-28)25-13-5-6-14-26(25)31/h2-6,9-10,13-16,22,24H,7-8,11-12,17-21H2,1H3. The van der Waals surface area contributed by atoms with Crippen LogP contribution in [0.1, 0.15) is 44.2 Å². The number of carbonyl (C=O) groups excluding carboxylic acids is 2. The van der Waals surface area contributed by atoms with Gasteiger partial charge in [-0.3, -0.25) is 9.59 Å². The third-order valence-corrected chi connectivity index (χ3v) is 8.10. The van der Waals surface area contributed by atoms with E-state index in [2.05, 4.69) is 15.1 Å². The molecular formula is C30H34ClN5O2. The van der Waals surface area contributed by atoms with Gasteiger partial charge in [0.25, 0.3) is 0 Å². The molecule has 1 saturated carbocycles. The van der Waals surface area contributed by atoms with Gasteiger partial charge in [-0.15, -0.1) is 10.2 Å². The van der Waals surface area contributed by atoms with E-state index < -0.39 is 0 Å². The van der Waals surface area contributed by atoms with Crippen LogP contribution < -0.4 is 4.90 Å². The van der Waals surface area contributed by atoms with E-state index in [0.717, 1.165) is 54.9 Å². The lowest BCUT2D eigenvalue weighted by atomic mass is 9.84. The zero-order chi connectivity index (χ0) is 26.5. The SMILES string of the molecule is CC(c1ccccc1)N(CC(=O)N1CCCN(c2ccc(-c3ccccc3Cl)nn2)CC1)C(=O)C1CCC1. The molecule has 2 amide bonds. The first-order chi connectivity index (χ1) is 18.5. The molecule has 2 fully saturated rings. The van der Waals surface area contributed by atoms with Gasteiger partial charge in [-0.05, 0) is 49.9 Å². The lowest BCUT2D eigenvalue weighted by Gasteiger charge is -2.36. The molecule has 2 aromatic carbocycles. The second-order valence-corrected chi connectivity index (χ2v) is 10.6. The molecule has 1 unspecified atom stereocenters. The molecule has 1 atom stereocenters. The monoisotopic (exact) mass is 531 g/mol. The molecule has 0 bridgehead atoms. The Morgan fingerprint density at radius 2 is 1.68 bits per heavy atom. The Balaban J connectivity index is 1.24. The molecule has 1 aliphatic carbocycles. The van der Waals surface area contributed by atoms with Crippen molar-refractivity contribution in [1.82, 2.24) is 20.0 Å². The summed E-state index contributed by atoms with van der Waals surface area (Å²) in [5.74, 6) is 0.934. The van der Waals surface area contributed by atoms with Gasteiger partial charge in [0.1, 0.15) is 6.54 Å². The lowest BCUT2D eigenvalue weighted by Crippen LogP contribution is -2.47. The minimum absolute atomic E-state index is 0.00227. The fourth-order valence-corrected chi connectivity index (χ4v) is 5.39. The molecule has 1 saturated heterocycles. The number of halogens is 1. The second-order valence-electron chi connectivity index (χ2n) is 10.2. The first-order valence-electron chi connectivity index (χ1n) is 13.5. The van der Waals surface area contributed by atoms with E-state index in [1.807, 2.05) is 78.6 Å². The van der Waals surface area contributed by atoms with E-state index >= 15 is 0 Å². The summed E-state index contributed by atoms with van der Waals surface area (Å²) >= 11 is 6.31. The Bertz CT molecular complexity index is 1250. The van der Waals surface area contributed by atoms with Crippen molar-refractivity contribution in [2.45, 2.75) is 38.6 Å². The molecular weight excluding hydrogens is 498 g/mol. The van der Waals surface area contributed by atoms with Gasteiger partial charge in [0.15, 0.2) is 5.82 Å². The Morgan fingerprint density at radius 1 is 0.921 bits per heavy atom. The topological polar surface area (TPSA) is 69.6 Å². The average molecular weight is 532 g/mol. The van der Waals surface area contributed by atoms with Crippen molar-refractivity contribution in [1.29, 1.82) is 0 Å². The Labute approximate surface area is 229 Å². The summed E-state index contributed by atoms with van der Waals surface area (Å²) in [6.45, 7) is 4.82. The predicted molar refractivity (Wildman–Crippen MR) is 150 cm³/mol. The van der Waals surface area contributed by atoms with E-state index in [-0.39, 0.29) is 30.3 Å². The number of amides is 2. The number of nitrogens with zero attached hydrogens (tertiary/aromatic N) is 5. The van der Waals surface area contributed by atoms with Crippen molar-refractivity contribution in [3.05, 3.63) is 77.3 Å². The van der Waals surface area contributed by atoms with Gasteiger partial charge in [0, 0.05) is 37.7 Å². The number of hydrogen-bond acceptors (Lipinski definition) is 5. The van der Waals surface area contributed by atoms with Gasteiger partial charge in [-0.2, -0.15) is 0 Å². The molecule has 2 aliphatic rings. The summed E-state index contributed by atoms with van der Waals surface area (Å²) in [6.07, 6.45) is 3.74. The summed E-state index contributed by atoms with van der Waals surface area (Å²) in [7, 11) is 0. The van der Waals surface area contributed by atoms with Crippen LogP contribution in [0.15, 0.2) is 66.7 Å². The van der Waals surface area contributed by atoms with Crippen LogP contribution in [0.4, 0.5) is 5.82 Å². The minimum Gasteiger partial charge on any atom is -0.353 e. The van der Waals surface area contributed by atoms with Gasteiger partial charge < -0.3 is 14.7 Å². The number of carbonyl (C=O) groups is 2. The molecule has 2 heterocycles. The zero-order valence-corrected chi connectivity index (χ0v) is 22.6. The van der Waals surface area contributed by atoms with Crippen LogP contribution in [0.25, 0.3) is 11.3 Å². The van der Waals surface area contributed by atoms with Crippen molar-refractivity contribution in [2.75, 3.05) is 37.6 Å². The van der Waals surface area contributed by atoms with Gasteiger partial charge in [0.05, 0.1) is 16.8 Å². The summed E-state index contributed by atoms with van der Waals surface area (Å²) in [4.78, 5) is 32.7. The normalized spacial score (nSPS) is 16.9. The zero-order valence-electron chi connectivity index (χ0n) is 21.8. The molecule has 7 nitrogen and oxygen atoms in total. The van der Waals surface area contributed by atoms with Crippen LogP contribution in [0, 0.1) is 5.92 Å². The van der Waals surface area contributed by atoms with Crippen LogP contribution >= 0.6 is 11.6 Å². The van der Waals surface area contributed by atoms with Crippen LogP contribution in [0.2, 0.25) is 5.02 Å². The van der Waals surface area contributed by atoms with Crippen LogP contribution in [-0.2, 0) is 9.59 Å². The molecule has 0 spiro atoms. The maximum atomic E-state index is 13.5. The van der Waals surface area contributed by atoms with E-state index in [1.54, 1.807) is 4.90 Å². The lowest BCUT2D eigenvalue weighted by molar-refractivity contribution is -0.146. The van der Waals surface area contributed by atoms with Crippen LogP contribution in [0.3, 0.4) is 0 Å². The van der Waals surface area contributed by atoms with Gasteiger partial charge in [0.2, 0.25) is 11.8 Å². The fourth-order valence-electron chi connectivity index (χ4n) is 5.16. The molecule has 0 N–H and O–H groups in total. The number of anilines is 1. The summed E-state index contributed by atoms with van der Waals surface area (Å²) in [5, 5.41) is 9.51. The fraction of sp³-hybridized carbons (Fsp3) is 0.400. The summed E-state index contributed by atoms with van der Waals surface area (Å²) in [5.41, 5.74) is 2.63. The first kappa shape index (κ1) is 26.2. The highest BCUT2D eigenvalue weighted by Crippen LogP contribution is 2.32. The molecule has 3 aromatic rings. The molecule has 1 aliphatic heterocycles. The quantitative estimate of drug-likeness (QED) is 0.418. The van der Waals surface area contributed by atoms with Gasteiger partial charge >= 0.3 is 0 Å². The predicted octanol–water partition coefficient (Wildman–Crippen LogP) is 5.23. The number of hydrogen-bond donors (Lipinski definition) is 0. The minimum atomic E-state index is -0.149. The van der Waals surface area contributed by atoms with Crippen LogP contribution in [0.5, 0.6) is 0 Å². The molecule has 0 radical (unpaired) electrons.